The molecule has 0 saturated carbocycles. The molecule has 0 spiro atoms. The van der Waals surface area contributed by atoms with Gasteiger partial charge in [0.05, 0.1) is 43.9 Å². The lowest BCUT2D eigenvalue weighted by Crippen LogP contribution is -2.16. The Morgan fingerprint density at radius 2 is 0.711 bits per heavy atom. The molecular formula is C42H36N14O15S5. The Labute approximate surface area is 431 Å². The minimum Gasteiger partial charge on any atom is -0.338 e. The van der Waals surface area contributed by atoms with E-state index in [1.807, 2.05) is 0 Å². The fourth-order valence-corrected chi connectivity index (χ4v) is 8.75. The van der Waals surface area contributed by atoms with Crippen LogP contribution in [0.2, 0.25) is 0 Å². The van der Waals surface area contributed by atoms with Crippen LogP contribution in [-0.2, 0) is 50.6 Å². The van der Waals surface area contributed by atoms with E-state index in [4.69, 9.17) is 9.11 Å². The van der Waals surface area contributed by atoms with E-state index in [1.165, 1.54) is 72.8 Å². The first kappa shape index (κ1) is 55.4. The highest BCUT2D eigenvalue weighted by molar-refractivity contribution is 7.87. The van der Waals surface area contributed by atoms with Crippen LogP contribution in [0.25, 0.3) is 0 Å². The maximum atomic E-state index is 12.3. The van der Waals surface area contributed by atoms with Crippen molar-refractivity contribution in [2.24, 2.45) is 40.9 Å². The smallest absolute Gasteiger partial charge is 0.296 e. The van der Waals surface area contributed by atoms with E-state index < -0.39 is 66.3 Å². The van der Waals surface area contributed by atoms with Gasteiger partial charge in [-0.15, -0.1) is 10.2 Å². The topological polar surface area (TPSA) is 445 Å². The first-order valence-electron chi connectivity index (χ1n) is 20.8. The van der Waals surface area contributed by atoms with Gasteiger partial charge in [0, 0.05) is 11.4 Å². The Morgan fingerprint density at radius 3 is 1.05 bits per heavy atom. The number of nitrogens with zero attached hydrogens (tertiary/aromatic N) is 11. The fourth-order valence-electron chi connectivity index (χ4n) is 6.20. The summed E-state index contributed by atoms with van der Waals surface area (Å²) in [5.74, 6) is -1.53. The number of azo groups is 4. The molecule has 8 N–H and O–H groups in total. The predicted octanol–water partition coefficient (Wildman–Crippen LogP) is 9.88. The van der Waals surface area contributed by atoms with E-state index in [1.54, 1.807) is 26.0 Å². The number of nitrogens with one attached hydrogen (secondary N) is 3. The molecule has 34 heteroatoms. The van der Waals surface area contributed by atoms with Gasteiger partial charge in [-0.1, -0.05) is 0 Å². The minimum absolute atomic E-state index is 0.0307. The van der Waals surface area contributed by atoms with Gasteiger partial charge in [-0.2, -0.15) is 87.7 Å². The van der Waals surface area contributed by atoms with Crippen molar-refractivity contribution in [2.45, 2.75) is 33.4 Å². The Hall–Kier alpha value is -8.32. The van der Waals surface area contributed by atoms with Crippen molar-refractivity contribution in [3.05, 3.63) is 132 Å². The summed E-state index contributed by atoms with van der Waals surface area (Å²) < 4.78 is 165. The molecule has 6 aromatic carbocycles. The fraction of sp³-hybridized carbons (Fsp3) is 0.0714. The molecule has 0 atom stereocenters. The lowest BCUT2D eigenvalue weighted by atomic mass is 10.2. The monoisotopic (exact) mass is 1140 g/mol. The number of hydrogen-bond acceptors (Lipinski definition) is 24. The molecule has 29 nitrogen and oxygen atoms in total. The summed E-state index contributed by atoms with van der Waals surface area (Å²) >= 11 is 0. The van der Waals surface area contributed by atoms with Crippen LogP contribution in [0.1, 0.15) is 11.1 Å². The van der Waals surface area contributed by atoms with Gasteiger partial charge in [0.1, 0.15) is 27.0 Å². The van der Waals surface area contributed by atoms with Crippen LogP contribution in [0.4, 0.5) is 74.7 Å². The lowest BCUT2D eigenvalue weighted by Gasteiger charge is -2.12. The summed E-state index contributed by atoms with van der Waals surface area (Å²) in [6.07, 6.45) is 0. The van der Waals surface area contributed by atoms with Gasteiger partial charge in [-0.05, 0) is 146 Å². The van der Waals surface area contributed by atoms with E-state index in [-0.39, 0.29) is 73.1 Å². The third-order valence-corrected chi connectivity index (χ3v) is 13.8. The van der Waals surface area contributed by atoms with Crippen LogP contribution in [-0.4, -0.2) is 85.7 Å². The van der Waals surface area contributed by atoms with Crippen LogP contribution in [0, 0.1) is 13.8 Å². The highest BCUT2D eigenvalue weighted by atomic mass is 32.2. The van der Waals surface area contributed by atoms with E-state index in [0.29, 0.717) is 22.5 Å². The van der Waals surface area contributed by atoms with Gasteiger partial charge in [0.2, 0.25) is 17.8 Å². The maximum Gasteiger partial charge on any atom is 0.296 e. The van der Waals surface area contributed by atoms with E-state index in [9.17, 15) is 55.7 Å². The highest BCUT2D eigenvalue weighted by Crippen LogP contribution is 2.35. The molecule has 0 radical (unpaired) electrons. The highest BCUT2D eigenvalue weighted by Gasteiger charge is 2.20. The molecule has 0 aliphatic heterocycles. The van der Waals surface area contributed by atoms with Crippen molar-refractivity contribution in [2.75, 3.05) is 21.8 Å². The third kappa shape index (κ3) is 15.4. The van der Waals surface area contributed by atoms with Crippen molar-refractivity contribution >= 4 is 125 Å². The van der Waals surface area contributed by atoms with Gasteiger partial charge >= 0.3 is 0 Å². The van der Waals surface area contributed by atoms with Gasteiger partial charge in [-0.3, -0.25) is 22.8 Å². The largest absolute Gasteiger partial charge is 0.338 e. The summed E-state index contributed by atoms with van der Waals surface area (Å²) in [6.45, 7) is 3.28. The Morgan fingerprint density at radius 1 is 0.382 bits per heavy atom. The van der Waals surface area contributed by atoms with E-state index >= 15 is 0 Å². The van der Waals surface area contributed by atoms with Gasteiger partial charge in [-0.25, -0.2) is 0 Å². The molecule has 0 fully saturated rings. The molecule has 394 valence electrons. The van der Waals surface area contributed by atoms with Crippen LogP contribution < -0.4 is 16.0 Å². The van der Waals surface area contributed by atoms with Crippen LogP contribution in [0.15, 0.2) is 182 Å². The van der Waals surface area contributed by atoms with Crippen molar-refractivity contribution < 1.29 is 64.9 Å². The predicted molar refractivity (Wildman–Crippen MR) is 271 cm³/mol. The number of rotatable bonds is 19. The summed E-state index contributed by atoms with van der Waals surface area (Å²) in [6, 6.07) is 25.6. The molecule has 0 aliphatic rings. The van der Waals surface area contributed by atoms with Crippen LogP contribution >= 0.6 is 0 Å². The van der Waals surface area contributed by atoms with Crippen LogP contribution in [0.3, 0.4) is 0 Å². The minimum atomic E-state index is -4.88. The first-order chi connectivity index (χ1) is 35.6. The zero-order chi connectivity index (χ0) is 55.2. The van der Waals surface area contributed by atoms with Crippen molar-refractivity contribution in [3.8, 4) is 0 Å². The molecule has 76 heavy (non-hydrogen) atoms. The summed E-state index contributed by atoms with van der Waals surface area (Å²) in [5.41, 5.74) is 1.91. The standard InChI is InChI=1S/C42H36N14O15S5/c1-24-19-28(7-15-34(24)53-55-36-17-9-30(21-38(36)75(66,67)68)51-49-26-3-11-32(12-4-26)73(60,61)62)44-41-46-40(43-23-72(57,58)59)47-42(48-41)45-29-8-16-35(25(2)20-29)54-56-37-18-10-31(22-39(37)76(69,70)71)52-50-27-5-13-33(14-6-27)74(63,64)65/h3-22H,23H2,1-2H3,(H,57,58,59)(H,60,61,62)(H,63,64,65)(H,66,67,68)(H,69,70,71)(H3,43,44,45,46,47,48). The zero-order valence-electron chi connectivity index (χ0n) is 38.5. The second-order valence-electron chi connectivity index (χ2n) is 15.5. The number of benzene rings is 6. The number of anilines is 5. The molecular weight excluding hydrogens is 1100 g/mol. The van der Waals surface area contributed by atoms with E-state index in [0.717, 1.165) is 36.4 Å². The molecule has 1 heterocycles. The first-order valence-corrected chi connectivity index (χ1v) is 28.2. The number of hydrogen-bond donors (Lipinski definition) is 8. The molecule has 0 saturated heterocycles. The Balaban J connectivity index is 1.07. The van der Waals surface area contributed by atoms with Crippen molar-refractivity contribution in [1.29, 1.82) is 0 Å². The van der Waals surface area contributed by atoms with Crippen molar-refractivity contribution in [1.82, 2.24) is 15.0 Å². The molecule has 0 amide bonds. The summed E-state index contributed by atoms with van der Waals surface area (Å²) in [5, 5.41) is 40.2. The summed E-state index contributed by atoms with van der Waals surface area (Å²) in [4.78, 5) is 10.6. The SMILES string of the molecule is Cc1cc(Nc2nc(NCS(=O)(=O)O)nc(Nc3ccc(N=Nc4ccc(N=Nc5ccc(S(=O)(=O)O)cc5)cc4S(=O)(=O)O)c(C)c3)n2)ccc1N=Nc1ccc(N=Nc2ccc(S(=O)(=O)O)cc2)cc1S(=O)(=O)O. The Kier molecular flexibility index (Phi) is 16.2. The zero-order valence-corrected chi connectivity index (χ0v) is 42.6. The lowest BCUT2D eigenvalue weighted by molar-refractivity contribution is 0.481. The molecule has 7 rings (SSSR count). The molecule has 0 unspecified atom stereocenters. The average Bonchev–Trinajstić information content (AvgIpc) is 3.33. The molecule has 0 bridgehead atoms. The molecule has 7 aromatic rings. The average molecular weight is 1140 g/mol. The Bertz CT molecular complexity index is 3870. The summed E-state index contributed by atoms with van der Waals surface area (Å²) in [7, 11) is -23.2. The van der Waals surface area contributed by atoms with Gasteiger partial charge in [0.15, 0.2) is 0 Å². The van der Waals surface area contributed by atoms with Gasteiger partial charge in [0.25, 0.3) is 50.6 Å². The normalized spacial score (nSPS) is 12.8. The van der Waals surface area contributed by atoms with Crippen molar-refractivity contribution in [3.63, 3.8) is 0 Å². The van der Waals surface area contributed by atoms with Crippen LogP contribution in [0.5, 0.6) is 0 Å². The second kappa shape index (κ2) is 22.3. The van der Waals surface area contributed by atoms with Gasteiger partial charge < -0.3 is 16.0 Å². The molecule has 1 aromatic heterocycles. The second-order valence-corrected chi connectivity index (χ2v) is 22.5. The number of aryl methyl sites for hydroxylation is 2. The number of aromatic nitrogens is 3. The van der Waals surface area contributed by atoms with E-state index in [2.05, 4.69) is 71.8 Å². The third-order valence-electron chi connectivity index (χ3n) is 9.76. The molecule has 0 aliphatic carbocycles. The quantitative estimate of drug-likeness (QED) is 0.0275. The maximum absolute atomic E-state index is 12.3.